The van der Waals surface area contributed by atoms with Gasteiger partial charge in [-0.1, -0.05) is 0 Å². The Balaban J connectivity index is 2.00. The second-order valence-corrected chi connectivity index (χ2v) is 4.45. The fraction of sp³-hybridized carbons (Fsp3) is 0.583. The van der Waals surface area contributed by atoms with Gasteiger partial charge in [0.05, 0.1) is 7.11 Å². The fourth-order valence-electron chi connectivity index (χ4n) is 1.66. The van der Waals surface area contributed by atoms with E-state index in [0.29, 0.717) is 0 Å². The summed E-state index contributed by atoms with van der Waals surface area (Å²) < 4.78 is 4.62. The Kier molecular flexibility index (Phi) is 3.56. The maximum Gasteiger partial charge on any atom is 0.325 e. The van der Waals surface area contributed by atoms with Gasteiger partial charge in [0.1, 0.15) is 18.7 Å². The van der Waals surface area contributed by atoms with E-state index in [4.69, 9.17) is 0 Å². The number of ether oxygens (including phenoxy) is 1. The molecule has 1 aliphatic carbocycles. The maximum absolute atomic E-state index is 11.2. The predicted molar refractivity (Wildman–Crippen MR) is 63.7 cm³/mol. The largest absolute Gasteiger partial charge is 0.468 e. The Morgan fingerprint density at radius 1 is 1.53 bits per heavy atom. The third kappa shape index (κ3) is 3.41. The van der Waals surface area contributed by atoms with Gasteiger partial charge in [0.15, 0.2) is 0 Å². The summed E-state index contributed by atoms with van der Waals surface area (Å²) in [6.07, 6.45) is 5.18. The van der Waals surface area contributed by atoms with Crippen molar-refractivity contribution in [3.05, 3.63) is 18.1 Å². The molecule has 0 atom stereocenters. The van der Waals surface area contributed by atoms with Crippen molar-refractivity contribution in [2.75, 3.05) is 25.6 Å². The van der Waals surface area contributed by atoms with Crippen LogP contribution in [-0.2, 0) is 16.0 Å². The van der Waals surface area contributed by atoms with Crippen LogP contribution in [0.3, 0.4) is 0 Å². The van der Waals surface area contributed by atoms with Crippen LogP contribution in [0.2, 0.25) is 0 Å². The van der Waals surface area contributed by atoms with Crippen molar-refractivity contribution in [2.24, 2.45) is 5.92 Å². The minimum Gasteiger partial charge on any atom is -0.468 e. The number of carbonyl (C=O) groups is 1. The number of aromatic nitrogens is 2. The van der Waals surface area contributed by atoms with Gasteiger partial charge in [0.25, 0.3) is 0 Å². The van der Waals surface area contributed by atoms with Crippen LogP contribution in [0.15, 0.2) is 12.4 Å². The molecule has 0 N–H and O–H groups in total. The molecule has 0 spiro atoms. The first kappa shape index (κ1) is 11.8. The van der Waals surface area contributed by atoms with Crippen LogP contribution in [0, 0.1) is 5.92 Å². The van der Waals surface area contributed by atoms with E-state index in [0.717, 1.165) is 23.9 Å². The molecule has 0 radical (unpaired) electrons. The lowest BCUT2D eigenvalue weighted by Crippen LogP contribution is -2.27. The van der Waals surface area contributed by atoms with Gasteiger partial charge in [-0.2, -0.15) is 0 Å². The number of hydrogen-bond acceptors (Lipinski definition) is 5. The standard InChI is InChI=1S/C12H17N3O2/c1-15(7-12(16)17-2)11-6-10(13-8-14-11)5-9-3-4-9/h6,8-9H,3-5,7H2,1-2H3. The van der Waals surface area contributed by atoms with Gasteiger partial charge in [-0.3, -0.25) is 4.79 Å². The number of carbonyl (C=O) groups excluding carboxylic acids is 1. The third-order valence-corrected chi connectivity index (χ3v) is 2.89. The van der Waals surface area contributed by atoms with Gasteiger partial charge >= 0.3 is 5.97 Å². The molecule has 1 heterocycles. The zero-order valence-electron chi connectivity index (χ0n) is 10.2. The topological polar surface area (TPSA) is 55.3 Å². The van der Waals surface area contributed by atoms with E-state index in [9.17, 15) is 4.79 Å². The molecular formula is C12H17N3O2. The first-order valence-electron chi connectivity index (χ1n) is 5.78. The molecule has 1 saturated carbocycles. The molecule has 0 aromatic carbocycles. The lowest BCUT2D eigenvalue weighted by Gasteiger charge is -2.16. The monoisotopic (exact) mass is 235 g/mol. The highest BCUT2D eigenvalue weighted by atomic mass is 16.5. The SMILES string of the molecule is COC(=O)CN(C)c1cc(CC2CC2)ncn1. The first-order valence-corrected chi connectivity index (χ1v) is 5.78. The molecule has 1 aromatic heterocycles. The van der Waals surface area contributed by atoms with Crippen molar-refractivity contribution in [1.82, 2.24) is 9.97 Å². The van der Waals surface area contributed by atoms with E-state index in [2.05, 4.69) is 14.7 Å². The lowest BCUT2D eigenvalue weighted by atomic mass is 10.2. The summed E-state index contributed by atoms with van der Waals surface area (Å²) in [6.45, 7) is 0.205. The summed E-state index contributed by atoms with van der Waals surface area (Å²) in [7, 11) is 3.20. The van der Waals surface area contributed by atoms with Gasteiger partial charge in [-0.05, 0) is 25.2 Å². The zero-order chi connectivity index (χ0) is 12.3. The molecule has 92 valence electrons. The van der Waals surface area contributed by atoms with Crippen molar-refractivity contribution in [1.29, 1.82) is 0 Å². The Morgan fingerprint density at radius 3 is 2.94 bits per heavy atom. The Hall–Kier alpha value is -1.65. The van der Waals surface area contributed by atoms with Gasteiger partial charge in [0, 0.05) is 18.8 Å². The summed E-state index contributed by atoms with van der Waals surface area (Å²) in [6, 6.07) is 1.95. The van der Waals surface area contributed by atoms with E-state index in [1.165, 1.54) is 20.0 Å². The maximum atomic E-state index is 11.2. The average molecular weight is 235 g/mol. The smallest absolute Gasteiger partial charge is 0.325 e. The van der Waals surface area contributed by atoms with Crippen molar-refractivity contribution >= 4 is 11.8 Å². The number of hydrogen-bond donors (Lipinski definition) is 0. The molecule has 1 aromatic rings. The molecule has 0 bridgehead atoms. The summed E-state index contributed by atoms with van der Waals surface area (Å²) in [4.78, 5) is 21.3. The number of esters is 1. The molecule has 5 heteroatoms. The minimum absolute atomic E-state index is 0.205. The Bertz CT molecular complexity index is 404. The lowest BCUT2D eigenvalue weighted by molar-refractivity contribution is -0.138. The highest BCUT2D eigenvalue weighted by Crippen LogP contribution is 2.32. The van der Waals surface area contributed by atoms with E-state index in [-0.39, 0.29) is 12.5 Å². The second kappa shape index (κ2) is 5.12. The molecular weight excluding hydrogens is 218 g/mol. The van der Waals surface area contributed by atoms with Crippen LogP contribution in [0.25, 0.3) is 0 Å². The van der Waals surface area contributed by atoms with E-state index >= 15 is 0 Å². The number of likely N-dealkylation sites (N-methyl/N-ethyl adjacent to an activating group) is 1. The van der Waals surface area contributed by atoms with Crippen molar-refractivity contribution < 1.29 is 9.53 Å². The van der Waals surface area contributed by atoms with Crippen LogP contribution < -0.4 is 4.90 Å². The fourth-order valence-corrected chi connectivity index (χ4v) is 1.66. The van der Waals surface area contributed by atoms with Crippen molar-refractivity contribution in [3.63, 3.8) is 0 Å². The Labute approximate surface area is 101 Å². The summed E-state index contributed by atoms with van der Waals surface area (Å²) >= 11 is 0. The number of anilines is 1. The zero-order valence-corrected chi connectivity index (χ0v) is 10.2. The van der Waals surface area contributed by atoms with Crippen molar-refractivity contribution in [3.8, 4) is 0 Å². The summed E-state index contributed by atoms with van der Waals surface area (Å²) in [5.41, 5.74) is 1.05. The van der Waals surface area contributed by atoms with Gasteiger partial charge in [-0.15, -0.1) is 0 Å². The molecule has 5 nitrogen and oxygen atoms in total. The normalized spacial score (nSPS) is 14.5. The quantitative estimate of drug-likeness (QED) is 0.714. The highest BCUT2D eigenvalue weighted by molar-refractivity contribution is 5.74. The molecule has 0 unspecified atom stereocenters. The van der Waals surface area contributed by atoms with E-state index in [1.54, 1.807) is 11.2 Å². The molecule has 17 heavy (non-hydrogen) atoms. The van der Waals surface area contributed by atoms with Crippen LogP contribution in [0.4, 0.5) is 5.82 Å². The molecule has 0 amide bonds. The van der Waals surface area contributed by atoms with Gasteiger partial charge in [-0.25, -0.2) is 9.97 Å². The van der Waals surface area contributed by atoms with Crippen LogP contribution >= 0.6 is 0 Å². The van der Waals surface area contributed by atoms with Gasteiger partial charge < -0.3 is 9.64 Å². The molecule has 1 fully saturated rings. The third-order valence-electron chi connectivity index (χ3n) is 2.89. The molecule has 0 saturated heterocycles. The van der Waals surface area contributed by atoms with E-state index in [1.807, 2.05) is 13.1 Å². The minimum atomic E-state index is -0.269. The highest BCUT2D eigenvalue weighted by Gasteiger charge is 2.22. The van der Waals surface area contributed by atoms with Crippen LogP contribution in [0.5, 0.6) is 0 Å². The van der Waals surface area contributed by atoms with Crippen LogP contribution in [0.1, 0.15) is 18.5 Å². The average Bonchev–Trinajstić information content (AvgIpc) is 3.13. The second-order valence-electron chi connectivity index (χ2n) is 4.45. The molecule has 2 rings (SSSR count). The summed E-state index contributed by atoms with van der Waals surface area (Å²) in [5.74, 6) is 1.29. The number of methoxy groups -OCH3 is 1. The molecule has 1 aliphatic rings. The Morgan fingerprint density at radius 2 is 2.29 bits per heavy atom. The molecule has 0 aliphatic heterocycles. The predicted octanol–water partition coefficient (Wildman–Crippen LogP) is 1.04. The van der Waals surface area contributed by atoms with E-state index < -0.39 is 0 Å². The van der Waals surface area contributed by atoms with Gasteiger partial charge in [0.2, 0.25) is 0 Å². The first-order chi connectivity index (χ1) is 8.19. The van der Waals surface area contributed by atoms with Crippen LogP contribution in [-0.4, -0.2) is 36.6 Å². The van der Waals surface area contributed by atoms with Crippen molar-refractivity contribution in [2.45, 2.75) is 19.3 Å². The number of nitrogens with zero attached hydrogens (tertiary/aromatic N) is 3. The number of rotatable bonds is 5. The summed E-state index contributed by atoms with van der Waals surface area (Å²) in [5, 5.41) is 0.